The first-order valence-corrected chi connectivity index (χ1v) is 13.1. The van der Waals surface area contributed by atoms with E-state index in [1.807, 2.05) is 0 Å². The van der Waals surface area contributed by atoms with Crippen molar-refractivity contribution in [1.29, 1.82) is 0 Å². The Morgan fingerprint density at radius 1 is 0.944 bits per heavy atom. The van der Waals surface area contributed by atoms with Gasteiger partial charge in [-0.05, 0) is 66.1 Å². The van der Waals surface area contributed by atoms with Gasteiger partial charge in [-0.3, -0.25) is 14.2 Å². The highest BCUT2D eigenvalue weighted by molar-refractivity contribution is 7.89. The summed E-state index contributed by atoms with van der Waals surface area (Å²) in [5.74, 6) is -1.23. The number of piperidine rings is 1. The number of carbonyl (C=O) groups excluding carboxylic acids is 1. The minimum Gasteiger partial charge on any atom is -0.308 e. The number of fused-ring (bicyclic) bond motifs is 1. The number of anilines is 1. The number of hydrogen-bond acceptors (Lipinski definition) is 4. The summed E-state index contributed by atoms with van der Waals surface area (Å²) in [5, 5.41) is 2.02. The van der Waals surface area contributed by atoms with Gasteiger partial charge in [0.25, 0.3) is 5.56 Å². The van der Waals surface area contributed by atoms with Crippen molar-refractivity contribution in [1.82, 2.24) is 9.29 Å². The van der Waals surface area contributed by atoms with E-state index in [9.17, 15) is 18.0 Å². The predicted molar refractivity (Wildman–Crippen MR) is 137 cm³/mol. The van der Waals surface area contributed by atoms with E-state index in [0.29, 0.717) is 22.5 Å². The SMILES string of the molecule is O=C1C(NS(=O)(=O)c2ccc3cc(Cl)ccc3c2)CCCN1c1ccc(-n2ccccc2=O)cc1F. The molecule has 184 valence electrons. The molecule has 0 aliphatic carbocycles. The number of aromatic nitrogens is 1. The number of nitrogens with zero attached hydrogens (tertiary/aromatic N) is 2. The highest BCUT2D eigenvalue weighted by atomic mass is 35.5. The fraction of sp³-hybridized carbons (Fsp3) is 0.154. The summed E-state index contributed by atoms with van der Waals surface area (Å²) in [6.07, 6.45) is 2.29. The molecule has 1 saturated heterocycles. The smallest absolute Gasteiger partial charge is 0.255 e. The van der Waals surface area contributed by atoms with Gasteiger partial charge in [0.1, 0.15) is 11.9 Å². The molecule has 36 heavy (non-hydrogen) atoms. The van der Waals surface area contributed by atoms with Crippen LogP contribution < -0.4 is 15.2 Å². The first kappa shape index (κ1) is 24.2. The Labute approximate surface area is 211 Å². The van der Waals surface area contributed by atoms with Crippen molar-refractivity contribution in [2.45, 2.75) is 23.8 Å². The topological polar surface area (TPSA) is 88.5 Å². The first-order chi connectivity index (χ1) is 17.2. The lowest BCUT2D eigenvalue weighted by Gasteiger charge is -2.32. The van der Waals surface area contributed by atoms with Gasteiger partial charge in [-0.15, -0.1) is 0 Å². The standard InChI is InChI=1S/C26H21ClFN3O4S/c27-19-8-6-18-15-21(10-7-17(18)14-19)36(34,35)29-23-4-3-13-31(26(23)33)24-11-9-20(16-22(24)28)30-12-2-1-5-25(30)32/h1-2,5-12,14-16,23,29H,3-4,13H2. The van der Waals surface area contributed by atoms with Gasteiger partial charge in [-0.1, -0.05) is 29.8 Å². The lowest BCUT2D eigenvalue weighted by atomic mass is 10.0. The van der Waals surface area contributed by atoms with Crippen LogP contribution in [0, 0.1) is 5.82 Å². The molecule has 3 aromatic carbocycles. The van der Waals surface area contributed by atoms with Crippen molar-refractivity contribution in [2.24, 2.45) is 0 Å². The summed E-state index contributed by atoms with van der Waals surface area (Å²) < 4.78 is 45.0. The molecule has 0 bridgehead atoms. The molecule has 0 radical (unpaired) electrons. The third kappa shape index (κ3) is 4.65. The minimum absolute atomic E-state index is 0.0195. The highest BCUT2D eigenvalue weighted by Gasteiger charge is 2.34. The summed E-state index contributed by atoms with van der Waals surface area (Å²) in [7, 11) is -4.02. The summed E-state index contributed by atoms with van der Waals surface area (Å²) in [6.45, 7) is 0.245. The summed E-state index contributed by atoms with van der Waals surface area (Å²) in [5.41, 5.74) is 0.0327. The fourth-order valence-electron chi connectivity index (χ4n) is 4.35. The molecule has 0 spiro atoms. The van der Waals surface area contributed by atoms with E-state index >= 15 is 4.39 Å². The van der Waals surface area contributed by atoms with Crippen LogP contribution in [0.5, 0.6) is 0 Å². The van der Waals surface area contributed by atoms with Gasteiger partial charge in [0.2, 0.25) is 15.9 Å². The maximum absolute atomic E-state index is 15.1. The number of nitrogens with one attached hydrogen (secondary N) is 1. The molecule has 1 aliphatic rings. The second kappa shape index (κ2) is 9.50. The highest BCUT2D eigenvalue weighted by Crippen LogP contribution is 2.27. The van der Waals surface area contributed by atoms with Crippen LogP contribution in [0.1, 0.15) is 12.8 Å². The molecule has 10 heteroatoms. The lowest BCUT2D eigenvalue weighted by molar-refractivity contribution is -0.121. The number of hydrogen-bond donors (Lipinski definition) is 1. The van der Waals surface area contributed by atoms with Gasteiger partial charge in [0.05, 0.1) is 16.3 Å². The van der Waals surface area contributed by atoms with Crippen LogP contribution in [-0.2, 0) is 14.8 Å². The van der Waals surface area contributed by atoms with Crippen molar-refractivity contribution in [3.05, 3.63) is 100 Å². The van der Waals surface area contributed by atoms with E-state index in [2.05, 4.69) is 4.72 Å². The summed E-state index contributed by atoms with van der Waals surface area (Å²) in [6, 6.07) is 17.5. The van der Waals surface area contributed by atoms with E-state index in [0.717, 1.165) is 5.39 Å². The molecular formula is C26H21ClFN3O4S. The first-order valence-electron chi connectivity index (χ1n) is 11.2. The van der Waals surface area contributed by atoms with Gasteiger partial charge in [-0.25, -0.2) is 12.8 Å². The Morgan fingerprint density at radius 3 is 2.50 bits per heavy atom. The molecule has 1 unspecified atom stereocenters. The molecule has 0 saturated carbocycles. The fourth-order valence-corrected chi connectivity index (χ4v) is 5.79. The average Bonchev–Trinajstić information content (AvgIpc) is 2.85. The average molecular weight is 526 g/mol. The normalized spacial score (nSPS) is 16.4. The molecule has 4 aromatic rings. The number of amides is 1. The lowest BCUT2D eigenvalue weighted by Crippen LogP contribution is -2.52. The maximum Gasteiger partial charge on any atom is 0.255 e. The van der Waals surface area contributed by atoms with Crippen LogP contribution in [0.4, 0.5) is 10.1 Å². The number of sulfonamides is 1. The van der Waals surface area contributed by atoms with E-state index in [1.54, 1.807) is 42.5 Å². The van der Waals surface area contributed by atoms with Crippen molar-refractivity contribution < 1.29 is 17.6 Å². The summed E-state index contributed by atoms with van der Waals surface area (Å²) >= 11 is 6.00. The second-order valence-electron chi connectivity index (χ2n) is 8.50. The zero-order chi connectivity index (χ0) is 25.4. The number of halogens is 2. The molecule has 1 fully saturated rings. The molecule has 5 rings (SSSR count). The van der Waals surface area contributed by atoms with Crippen LogP contribution in [0.15, 0.2) is 88.7 Å². The molecule has 7 nitrogen and oxygen atoms in total. The Hall–Kier alpha value is -3.53. The Kier molecular flexibility index (Phi) is 6.38. The van der Waals surface area contributed by atoms with Crippen LogP contribution in [-0.4, -0.2) is 31.5 Å². The van der Waals surface area contributed by atoms with Crippen LogP contribution >= 0.6 is 11.6 Å². The molecule has 1 atom stereocenters. The number of benzene rings is 3. The van der Waals surface area contributed by atoms with Crippen LogP contribution in [0.2, 0.25) is 5.02 Å². The Bertz CT molecular complexity index is 1650. The van der Waals surface area contributed by atoms with Gasteiger partial charge in [0.15, 0.2) is 0 Å². The van der Waals surface area contributed by atoms with Crippen molar-refractivity contribution in [2.75, 3.05) is 11.4 Å². The van der Waals surface area contributed by atoms with E-state index in [-0.39, 0.29) is 29.1 Å². The Morgan fingerprint density at radius 2 is 1.72 bits per heavy atom. The summed E-state index contributed by atoms with van der Waals surface area (Å²) in [4.78, 5) is 26.5. The van der Waals surface area contributed by atoms with E-state index < -0.39 is 27.8 Å². The third-order valence-electron chi connectivity index (χ3n) is 6.14. The van der Waals surface area contributed by atoms with Crippen molar-refractivity contribution in [3.8, 4) is 5.69 Å². The third-order valence-corrected chi connectivity index (χ3v) is 7.85. The number of rotatable bonds is 5. The molecule has 1 aliphatic heterocycles. The van der Waals surface area contributed by atoms with E-state index in [4.69, 9.17) is 11.6 Å². The largest absolute Gasteiger partial charge is 0.308 e. The zero-order valence-electron chi connectivity index (χ0n) is 18.9. The van der Waals surface area contributed by atoms with Gasteiger partial charge in [-0.2, -0.15) is 4.72 Å². The van der Waals surface area contributed by atoms with Crippen LogP contribution in [0.25, 0.3) is 16.5 Å². The van der Waals surface area contributed by atoms with Crippen LogP contribution in [0.3, 0.4) is 0 Å². The Balaban J connectivity index is 1.39. The van der Waals surface area contributed by atoms with Gasteiger partial charge >= 0.3 is 0 Å². The molecule has 1 amide bonds. The number of pyridine rings is 1. The van der Waals surface area contributed by atoms with Gasteiger partial charge < -0.3 is 4.90 Å². The quantitative estimate of drug-likeness (QED) is 0.422. The van der Waals surface area contributed by atoms with Gasteiger partial charge in [0, 0.05) is 29.9 Å². The van der Waals surface area contributed by atoms with Crippen molar-refractivity contribution >= 4 is 44.0 Å². The number of carbonyl (C=O) groups is 1. The second-order valence-corrected chi connectivity index (χ2v) is 10.7. The molecular weight excluding hydrogens is 505 g/mol. The zero-order valence-corrected chi connectivity index (χ0v) is 20.5. The van der Waals surface area contributed by atoms with E-state index in [1.165, 1.54) is 46.0 Å². The molecule has 1 N–H and O–H groups in total. The predicted octanol–water partition coefficient (Wildman–Crippen LogP) is 4.26. The molecule has 2 heterocycles. The maximum atomic E-state index is 15.1. The monoisotopic (exact) mass is 525 g/mol. The molecule has 1 aromatic heterocycles. The minimum atomic E-state index is -4.02. The van der Waals surface area contributed by atoms with Crippen molar-refractivity contribution in [3.63, 3.8) is 0 Å².